The normalized spacial score (nSPS) is 20.5. The summed E-state index contributed by atoms with van der Waals surface area (Å²) in [5.74, 6) is 0. The second-order valence-electron chi connectivity index (χ2n) is 8.47. The maximum Gasteiger partial charge on any atom is -0.147 e. The third kappa shape index (κ3) is 3.36. The molecule has 2 aliphatic carbocycles. The smallest absolute Gasteiger partial charge is 0.147 e. The van der Waals surface area contributed by atoms with Crippen LogP contribution in [-0.2, 0) is 15.7 Å². The fourth-order valence-electron chi connectivity index (χ4n) is 4.98. The van der Waals surface area contributed by atoms with E-state index in [0.717, 1.165) is 3.63 Å². The number of allylic oxidation sites excluding steroid dienone is 6. The maximum absolute atomic E-state index is 2.95. The predicted molar refractivity (Wildman–Crippen MR) is 113 cm³/mol. The average Bonchev–Trinajstić information content (AvgIpc) is 2.89. The van der Waals surface area contributed by atoms with Crippen molar-refractivity contribution in [3.05, 3.63) is 61.5 Å². The van der Waals surface area contributed by atoms with Crippen molar-refractivity contribution in [2.24, 2.45) is 0 Å². The van der Waals surface area contributed by atoms with Gasteiger partial charge in [0.05, 0.1) is 0 Å². The molecule has 0 radical (unpaired) electrons. The average molecular weight is 505 g/mol. The van der Waals surface area contributed by atoms with Gasteiger partial charge in [-0.15, -0.1) is 24.8 Å². The van der Waals surface area contributed by atoms with Crippen LogP contribution in [-0.4, -0.2) is 12.1 Å². The molecule has 1 aromatic carbocycles. The van der Waals surface area contributed by atoms with Crippen LogP contribution in [0.25, 0.3) is 5.57 Å². The molecule has 0 aromatic heterocycles. The fraction of sp³-hybridized carbons (Fsp3) is 0.400. The largest absolute Gasteiger partial charge is 0.147 e. The van der Waals surface area contributed by atoms with Gasteiger partial charge in [0.15, 0.2) is 0 Å². The topological polar surface area (TPSA) is 0 Å². The van der Waals surface area contributed by atoms with Crippen molar-refractivity contribution in [3.63, 3.8) is 0 Å². The Morgan fingerprint density at radius 3 is 2.12 bits per heavy atom. The summed E-state index contributed by atoms with van der Waals surface area (Å²) in [6.07, 6.45) is 3.69. The zero-order valence-corrected chi connectivity index (χ0v) is 22.8. The van der Waals surface area contributed by atoms with Gasteiger partial charge in [-0.1, -0.05) is 0 Å². The van der Waals surface area contributed by atoms with E-state index in [1.165, 1.54) is 24.1 Å². The molecular formula is C20H30Cl2GeZr. The Labute approximate surface area is 165 Å². The Morgan fingerprint density at radius 1 is 1.00 bits per heavy atom. The molecule has 0 saturated carbocycles. The summed E-state index contributed by atoms with van der Waals surface area (Å²) in [4.78, 5) is 0. The van der Waals surface area contributed by atoms with Gasteiger partial charge in [-0.05, 0) is 0 Å². The number of halogens is 2. The number of rotatable bonds is 2. The van der Waals surface area contributed by atoms with Crippen LogP contribution in [0.3, 0.4) is 0 Å². The molecule has 24 heavy (non-hydrogen) atoms. The number of fused-ring (bicyclic) bond motifs is 1. The number of hydrogen-bond donors (Lipinski definition) is 0. The van der Waals surface area contributed by atoms with E-state index in [9.17, 15) is 0 Å². The molecule has 2 aliphatic rings. The van der Waals surface area contributed by atoms with E-state index in [1.807, 2.05) is 3.28 Å². The Morgan fingerprint density at radius 2 is 1.58 bits per heavy atom. The molecule has 1 aromatic rings. The van der Waals surface area contributed by atoms with E-state index < -0.39 is 15.7 Å². The van der Waals surface area contributed by atoms with E-state index in [0.29, 0.717) is 0 Å². The van der Waals surface area contributed by atoms with E-state index in [2.05, 4.69) is 67.3 Å². The van der Waals surface area contributed by atoms with Crippen molar-refractivity contribution in [3.8, 4) is 0 Å². The molecule has 0 N–H and O–H groups in total. The molecule has 4 heteroatoms. The minimum atomic E-state index is -2.95. The van der Waals surface area contributed by atoms with Crippen molar-refractivity contribution >= 4 is 42.5 Å². The summed E-state index contributed by atoms with van der Waals surface area (Å²) in [6, 6.07) is 9.17. The molecule has 0 fully saturated rings. The van der Waals surface area contributed by atoms with Gasteiger partial charge in [-0.2, -0.15) is 0 Å². The molecule has 1 unspecified atom stereocenters. The van der Waals surface area contributed by atoms with Crippen LogP contribution in [0.2, 0.25) is 9.26 Å². The molecular weight excluding hydrogens is 475 g/mol. The molecule has 0 aliphatic heterocycles. The Bertz CT molecular complexity index is 837. The van der Waals surface area contributed by atoms with Gasteiger partial charge in [0, 0.05) is 0 Å². The quantitative estimate of drug-likeness (QED) is 0.412. The summed E-state index contributed by atoms with van der Waals surface area (Å²) >= 11 is -1.46. The van der Waals surface area contributed by atoms with Crippen molar-refractivity contribution in [2.75, 3.05) is 0 Å². The van der Waals surface area contributed by atoms with E-state index >= 15 is 0 Å². The minimum Gasteiger partial charge on any atom is -0.147 e. The minimum absolute atomic E-state index is 0. The fourth-order valence-corrected chi connectivity index (χ4v) is 29.9. The monoisotopic (exact) mass is 504 g/mol. The summed E-state index contributed by atoms with van der Waals surface area (Å²) in [6.45, 7) is 9.40. The van der Waals surface area contributed by atoms with Gasteiger partial charge < -0.3 is 0 Å². The third-order valence-corrected chi connectivity index (χ3v) is 29.0. The molecule has 0 amide bonds. The standard InChI is InChI=1S/C11H11.C7H9.2CH3.2ClH.GeH2.Zr/c1-8-7-10-5-3-4-6-11(10)9(8)2;1-6-3-4-7(2)5-6;;;;;;/h3-7H,1-2H3;5H,3H2,1-2H3;2*1H3;2*1H;1H2;. The van der Waals surface area contributed by atoms with E-state index in [1.54, 1.807) is 27.9 Å². The summed E-state index contributed by atoms with van der Waals surface area (Å²) in [5.41, 5.74) is 9.50. The van der Waals surface area contributed by atoms with Crippen molar-refractivity contribution < 1.29 is 15.7 Å². The zero-order chi connectivity index (χ0) is 16.3. The molecule has 3 rings (SSSR count). The van der Waals surface area contributed by atoms with Crippen LogP contribution >= 0.6 is 24.8 Å². The Kier molecular flexibility index (Phi) is 6.77. The summed E-state index contributed by atoms with van der Waals surface area (Å²) in [5, 5.41) is 0. The van der Waals surface area contributed by atoms with Gasteiger partial charge in [-0.25, -0.2) is 0 Å². The van der Waals surface area contributed by atoms with Crippen molar-refractivity contribution in [2.45, 2.75) is 47.0 Å². The second-order valence-corrected chi connectivity index (χ2v) is 52.2. The first-order valence-electron chi connectivity index (χ1n) is 8.33. The number of benzene rings is 1. The molecule has 1 atom stereocenters. The van der Waals surface area contributed by atoms with Gasteiger partial charge in [0.25, 0.3) is 0 Å². The van der Waals surface area contributed by atoms with Gasteiger partial charge in [0.1, 0.15) is 0 Å². The molecule has 0 bridgehead atoms. The first-order valence-corrected chi connectivity index (χ1v) is 26.4. The Balaban J connectivity index is 0.00000144. The van der Waals surface area contributed by atoms with Crippen LogP contribution < -0.4 is 0 Å². The van der Waals surface area contributed by atoms with Crippen LogP contribution in [0.4, 0.5) is 0 Å². The van der Waals surface area contributed by atoms with Crippen LogP contribution in [0.15, 0.2) is 50.3 Å². The van der Waals surface area contributed by atoms with E-state index in [4.69, 9.17) is 0 Å². The van der Waals surface area contributed by atoms with Gasteiger partial charge in [-0.3, -0.25) is 0 Å². The first-order chi connectivity index (χ1) is 10.1. The molecule has 0 spiro atoms. The molecule has 0 heterocycles. The van der Waals surface area contributed by atoms with Gasteiger partial charge in [0.2, 0.25) is 0 Å². The van der Waals surface area contributed by atoms with Gasteiger partial charge >= 0.3 is 142 Å². The first kappa shape index (κ1) is 22.5. The Hall–Kier alpha value is 0.446. The number of hydrogen-bond acceptors (Lipinski definition) is 0. The third-order valence-electron chi connectivity index (χ3n) is 6.01. The molecule has 0 saturated heterocycles. The van der Waals surface area contributed by atoms with Crippen molar-refractivity contribution in [1.82, 2.24) is 0 Å². The van der Waals surface area contributed by atoms with Crippen LogP contribution in [0.1, 0.15) is 48.9 Å². The summed E-state index contributed by atoms with van der Waals surface area (Å²) < 4.78 is 8.03. The maximum atomic E-state index is 2.72. The second kappa shape index (κ2) is 7.22. The zero-order valence-electron chi connectivity index (χ0n) is 15.7. The molecule has 0 nitrogen and oxygen atoms in total. The summed E-state index contributed by atoms with van der Waals surface area (Å²) in [7, 11) is 0. The van der Waals surface area contributed by atoms with E-state index in [-0.39, 0.29) is 24.8 Å². The SMILES string of the molecule is CC1=CC(C)=[C]([Zr]([CH3])([CH3])(=[GeH2])[CH]2C(C)=C(C)c3ccccc32)C1.Cl.Cl. The molecule has 132 valence electrons. The van der Waals surface area contributed by atoms with Crippen LogP contribution in [0.5, 0.6) is 0 Å². The van der Waals surface area contributed by atoms with Crippen LogP contribution in [0, 0.1) is 0 Å². The predicted octanol–water partition coefficient (Wildman–Crippen LogP) is 6.34. The van der Waals surface area contributed by atoms with Crippen molar-refractivity contribution in [1.29, 1.82) is 0 Å².